The molecule has 1 heterocycles. The highest BCUT2D eigenvalue weighted by Gasteiger charge is 2.06. The fourth-order valence-electron chi connectivity index (χ4n) is 1.57. The third kappa shape index (κ3) is 2.51. The monoisotopic (exact) mass is 231 g/mol. The molecular formula is C12H13N3O2. The van der Waals surface area contributed by atoms with Crippen LogP contribution in [0.2, 0.25) is 0 Å². The molecular weight excluding hydrogens is 218 g/mol. The number of carbonyl (C=O) groups is 1. The molecule has 3 N–H and O–H groups in total. The Morgan fingerprint density at radius 3 is 3.00 bits per heavy atom. The summed E-state index contributed by atoms with van der Waals surface area (Å²) in [4.78, 5) is 15.4. The number of hydrogen-bond donors (Lipinski definition) is 2. The maximum atomic E-state index is 11.0. The number of carbonyl (C=O) groups excluding carboxylic acids is 1. The second-order valence-corrected chi connectivity index (χ2v) is 3.64. The molecule has 0 aliphatic carbocycles. The maximum absolute atomic E-state index is 11.0. The third-order valence-corrected chi connectivity index (χ3v) is 2.33. The van der Waals surface area contributed by atoms with Gasteiger partial charge in [0, 0.05) is 17.1 Å². The van der Waals surface area contributed by atoms with Crippen molar-refractivity contribution in [2.75, 3.05) is 6.61 Å². The highest BCUT2D eigenvalue weighted by atomic mass is 16.5. The molecule has 0 aliphatic heterocycles. The number of nitrogens with one attached hydrogen (secondary N) is 1. The SMILES string of the molecule is Cc1cc(OCC(=O)NN)c2ccccc2n1. The highest BCUT2D eigenvalue weighted by molar-refractivity contribution is 5.85. The second kappa shape index (κ2) is 4.80. The van der Waals surface area contributed by atoms with E-state index >= 15 is 0 Å². The van der Waals surface area contributed by atoms with Gasteiger partial charge in [0.15, 0.2) is 6.61 Å². The quantitative estimate of drug-likeness (QED) is 0.467. The van der Waals surface area contributed by atoms with Crippen LogP contribution in [-0.2, 0) is 4.79 Å². The van der Waals surface area contributed by atoms with E-state index in [-0.39, 0.29) is 12.5 Å². The van der Waals surface area contributed by atoms with Crippen molar-refractivity contribution in [3.63, 3.8) is 0 Å². The molecule has 5 heteroatoms. The van der Waals surface area contributed by atoms with E-state index in [0.29, 0.717) is 5.75 Å². The number of fused-ring (bicyclic) bond motifs is 1. The summed E-state index contributed by atoms with van der Waals surface area (Å²) < 4.78 is 5.42. The van der Waals surface area contributed by atoms with Gasteiger partial charge in [-0.1, -0.05) is 12.1 Å². The largest absolute Gasteiger partial charge is 0.483 e. The first-order valence-electron chi connectivity index (χ1n) is 5.19. The van der Waals surface area contributed by atoms with Crippen LogP contribution in [0.1, 0.15) is 5.69 Å². The first-order valence-corrected chi connectivity index (χ1v) is 5.19. The number of hydrazine groups is 1. The second-order valence-electron chi connectivity index (χ2n) is 3.64. The van der Waals surface area contributed by atoms with Crippen LogP contribution in [-0.4, -0.2) is 17.5 Å². The minimum atomic E-state index is -0.372. The van der Waals surface area contributed by atoms with E-state index in [1.54, 1.807) is 6.07 Å². The van der Waals surface area contributed by atoms with Gasteiger partial charge in [0.1, 0.15) is 5.75 Å². The zero-order chi connectivity index (χ0) is 12.3. The van der Waals surface area contributed by atoms with Crippen LogP contribution in [0.25, 0.3) is 10.9 Å². The predicted octanol–water partition coefficient (Wildman–Crippen LogP) is 0.912. The van der Waals surface area contributed by atoms with Gasteiger partial charge in [-0.15, -0.1) is 0 Å². The molecule has 0 radical (unpaired) electrons. The topological polar surface area (TPSA) is 77.2 Å². The molecule has 0 unspecified atom stereocenters. The molecule has 0 spiro atoms. The van der Waals surface area contributed by atoms with E-state index in [1.807, 2.05) is 36.6 Å². The number of aryl methyl sites for hydroxylation is 1. The number of ether oxygens (including phenoxy) is 1. The zero-order valence-corrected chi connectivity index (χ0v) is 9.43. The van der Waals surface area contributed by atoms with E-state index in [1.165, 1.54) is 0 Å². The van der Waals surface area contributed by atoms with Gasteiger partial charge in [0.25, 0.3) is 5.91 Å². The maximum Gasteiger partial charge on any atom is 0.271 e. The Kier molecular flexibility index (Phi) is 3.20. The lowest BCUT2D eigenvalue weighted by Crippen LogP contribution is -2.34. The van der Waals surface area contributed by atoms with E-state index < -0.39 is 0 Å². The molecule has 1 aromatic heterocycles. The van der Waals surface area contributed by atoms with Crippen LogP contribution in [0.5, 0.6) is 5.75 Å². The first kappa shape index (κ1) is 11.3. The number of aromatic nitrogens is 1. The summed E-state index contributed by atoms with van der Waals surface area (Å²) in [6.07, 6.45) is 0. The minimum absolute atomic E-state index is 0.107. The number of pyridine rings is 1. The van der Waals surface area contributed by atoms with Crippen molar-refractivity contribution in [3.05, 3.63) is 36.0 Å². The Labute approximate surface area is 98.6 Å². The number of nitrogens with zero attached hydrogens (tertiary/aromatic N) is 1. The summed E-state index contributed by atoms with van der Waals surface area (Å²) in [6, 6.07) is 9.40. The lowest BCUT2D eigenvalue weighted by molar-refractivity contribution is -0.123. The van der Waals surface area contributed by atoms with Crippen LogP contribution in [0, 0.1) is 6.92 Å². The molecule has 5 nitrogen and oxygen atoms in total. The molecule has 0 aliphatic rings. The van der Waals surface area contributed by atoms with Crippen molar-refractivity contribution < 1.29 is 9.53 Å². The molecule has 0 saturated carbocycles. The number of hydrogen-bond acceptors (Lipinski definition) is 4. The minimum Gasteiger partial charge on any atom is -0.483 e. The van der Waals surface area contributed by atoms with Gasteiger partial charge in [-0.2, -0.15) is 0 Å². The Morgan fingerprint density at radius 1 is 1.47 bits per heavy atom. The summed E-state index contributed by atoms with van der Waals surface area (Å²) in [5, 5.41) is 0.878. The van der Waals surface area contributed by atoms with Crippen molar-refractivity contribution in [1.29, 1.82) is 0 Å². The Morgan fingerprint density at radius 2 is 2.24 bits per heavy atom. The number of amides is 1. The Bertz CT molecular complexity index is 554. The normalized spacial score (nSPS) is 10.2. The Balaban J connectivity index is 2.35. The van der Waals surface area contributed by atoms with E-state index in [2.05, 4.69) is 4.98 Å². The first-order chi connectivity index (χ1) is 8.20. The number of nitrogens with two attached hydrogens (primary N) is 1. The van der Waals surface area contributed by atoms with Gasteiger partial charge < -0.3 is 4.74 Å². The fourth-order valence-corrected chi connectivity index (χ4v) is 1.57. The predicted molar refractivity (Wildman–Crippen MR) is 64.3 cm³/mol. The van der Waals surface area contributed by atoms with E-state index in [4.69, 9.17) is 10.6 Å². The molecule has 0 saturated heterocycles. The number of rotatable bonds is 3. The lowest BCUT2D eigenvalue weighted by Gasteiger charge is -2.09. The Hall–Kier alpha value is -2.14. The average Bonchev–Trinajstić information content (AvgIpc) is 2.35. The molecule has 17 heavy (non-hydrogen) atoms. The molecule has 1 amide bonds. The zero-order valence-electron chi connectivity index (χ0n) is 9.43. The van der Waals surface area contributed by atoms with Gasteiger partial charge in [-0.3, -0.25) is 15.2 Å². The molecule has 2 rings (SSSR count). The van der Waals surface area contributed by atoms with Crippen molar-refractivity contribution in [2.45, 2.75) is 6.92 Å². The smallest absolute Gasteiger partial charge is 0.271 e. The molecule has 0 bridgehead atoms. The standard InChI is InChI=1S/C12H13N3O2/c1-8-6-11(17-7-12(16)15-13)9-4-2-3-5-10(9)14-8/h2-6H,7,13H2,1H3,(H,15,16). The van der Waals surface area contributed by atoms with Crippen LogP contribution < -0.4 is 16.0 Å². The summed E-state index contributed by atoms with van der Waals surface area (Å²) in [6.45, 7) is 1.77. The summed E-state index contributed by atoms with van der Waals surface area (Å²) in [5.74, 6) is 5.25. The summed E-state index contributed by atoms with van der Waals surface area (Å²) in [7, 11) is 0. The van der Waals surface area contributed by atoms with Crippen molar-refractivity contribution in [3.8, 4) is 5.75 Å². The highest BCUT2D eigenvalue weighted by Crippen LogP contribution is 2.24. The summed E-state index contributed by atoms with van der Waals surface area (Å²) in [5.41, 5.74) is 3.70. The third-order valence-electron chi connectivity index (χ3n) is 2.33. The number of para-hydroxylation sites is 1. The molecule has 88 valence electrons. The van der Waals surface area contributed by atoms with Crippen LogP contribution in [0.3, 0.4) is 0 Å². The van der Waals surface area contributed by atoms with Crippen LogP contribution >= 0.6 is 0 Å². The van der Waals surface area contributed by atoms with Crippen LogP contribution in [0.15, 0.2) is 30.3 Å². The van der Waals surface area contributed by atoms with Crippen LogP contribution in [0.4, 0.5) is 0 Å². The molecule has 0 fully saturated rings. The molecule has 0 atom stereocenters. The average molecular weight is 231 g/mol. The fraction of sp³-hybridized carbons (Fsp3) is 0.167. The number of benzene rings is 1. The molecule has 1 aromatic carbocycles. The molecule has 2 aromatic rings. The van der Waals surface area contributed by atoms with Crippen molar-refractivity contribution in [1.82, 2.24) is 10.4 Å². The van der Waals surface area contributed by atoms with E-state index in [9.17, 15) is 4.79 Å². The van der Waals surface area contributed by atoms with E-state index in [0.717, 1.165) is 16.6 Å². The van der Waals surface area contributed by atoms with Gasteiger partial charge in [0.05, 0.1) is 5.52 Å². The van der Waals surface area contributed by atoms with Crippen molar-refractivity contribution >= 4 is 16.8 Å². The van der Waals surface area contributed by atoms with Gasteiger partial charge in [-0.25, -0.2) is 5.84 Å². The van der Waals surface area contributed by atoms with Crippen molar-refractivity contribution in [2.24, 2.45) is 5.84 Å². The van der Waals surface area contributed by atoms with Gasteiger partial charge in [0.2, 0.25) is 0 Å². The van der Waals surface area contributed by atoms with Gasteiger partial charge >= 0.3 is 0 Å². The summed E-state index contributed by atoms with van der Waals surface area (Å²) >= 11 is 0. The van der Waals surface area contributed by atoms with Gasteiger partial charge in [-0.05, 0) is 19.1 Å². The lowest BCUT2D eigenvalue weighted by atomic mass is 10.2.